The summed E-state index contributed by atoms with van der Waals surface area (Å²) in [6.07, 6.45) is 0.226. The largest absolute Gasteiger partial charge is 0.322 e. The Balaban J connectivity index is 2.15. The fraction of sp³-hybridized carbons (Fsp3) is 0.0667. The summed E-state index contributed by atoms with van der Waals surface area (Å²) in [4.78, 5) is 12.1. The van der Waals surface area contributed by atoms with E-state index < -0.39 is 10.0 Å². The van der Waals surface area contributed by atoms with Crippen LogP contribution in [0.5, 0.6) is 0 Å². The van der Waals surface area contributed by atoms with E-state index in [2.05, 4.69) is 5.32 Å². The number of anilines is 1. The van der Waals surface area contributed by atoms with Crippen LogP contribution >= 0.6 is 0 Å². The van der Waals surface area contributed by atoms with E-state index in [-0.39, 0.29) is 17.2 Å². The number of nitrogens with two attached hydrogens (primary N) is 1. The molecule has 0 saturated heterocycles. The Labute approximate surface area is 128 Å². The number of benzene rings is 2. The fourth-order valence-electron chi connectivity index (χ4n) is 1.85. The van der Waals surface area contributed by atoms with Gasteiger partial charge in [0.1, 0.15) is 0 Å². The summed E-state index contributed by atoms with van der Waals surface area (Å²) in [5.41, 5.74) is 1.62. The van der Waals surface area contributed by atoms with Crippen molar-refractivity contribution in [2.24, 2.45) is 5.14 Å². The van der Waals surface area contributed by atoms with E-state index in [0.29, 0.717) is 11.3 Å². The molecule has 0 unspecified atom stereocenters. The first-order valence-electron chi connectivity index (χ1n) is 6.30. The molecule has 0 bridgehead atoms. The minimum atomic E-state index is -3.76. The Morgan fingerprint density at radius 3 is 2.45 bits per heavy atom. The maximum Gasteiger partial charge on any atom is 0.255 e. The third-order valence-electron chi connectivity index (χ3n) is 2.91. The van der Waals surface area contributed by atoms with Crippen LogP contribution < -0.4 is 10.5 Å². The molecule has 0 aromatic heterocycles. The van der Waals surface area contributed by atoms with Crippen molar-refractivity contribution in [3.05, 3.63) is 59.7 Å². The summed E-state index contributed by atoms with van der Waals surface area (Å²) in [5.74, 6) is -0.344. The first kappa shape index (κ1) is 15.7. The summed E-state index contributed by atoms with van der Waals surface area (Å²) in [6, 6.07) is 14.3. The number of nitrogens with one attached hydrogen (secondary N) is 1. The summed E-state index contributed by atoms with van der Waals surface area (Å²) in [7, 11) is -3.76. The molecule has 22 heavy (non-hydrogen) atoms. The van der Waals surface area contributed by atoms with Crippen LogP contribution in [0.4, 0.5) is 5.69 Å². The number of nitrogens with zero attached hydrogens (tertiary/aromatic N) is 1. The number of carbonyl (C=O) groups is 1. The first-order chi connectivity index (χ1) is 10.4. The molecule has 2 aromatic carbocycles. The van der Waals surface area contributed by atoms with Gasteiger partial charge in [-0.2, -0.15) is 5.26 Å². The molecule has 6 nitrogen and oxygen atoms in total. The average molecular weight is 315 g/mol. The van der Waals surface area contributed by atoms with Crippen LogP contribution in [-0.2, 0) is 16.4 Å². The number of rotatable bonds is 4. The molecule has 0 aliphatic heterocycles. The molecule has 2 aromatic rings. The molecule has 0 atom stereocenters. The highest BCUT2D eigenvalue weighted by atomic mass is 32.2. The fourth-order valence-corrected chi connectivity index (χ4v) is 2.36. The quantitative estimate of drug-likeness (QED) is 0.893. The number of hydrogen-bond donors (Lipinski definition) is 2. The Kier molecular flexibility index (Phi) is 4.56. The molecule has 1 amide bonds. The van der Waals surface area contributed by atoms with Crippen molar-refractivity contribution in [1.82, 2.24) is 0 Å². The highest BCUT2D eigenvalue weighted by Crippen LogP contribution is 2.14. The molecular weight excluding hydrogens is 302 g/mol. The Morgan fingerprint density at radius 1 is 1.18 bits per heavy atom. The molecule has 0 aliphatic carbocycles. The van der Waals surface area contributed by atoms with Crippen LogP contribution in [0.2, 0.25) is 0 Å². The molecular formula is C15H13N3O3S. The van der Waals surface area contributed by atoms with E-state index in [1.807, 2.05) is 6.07 Å². The smallest absolute Gasteiger partial charge is 0.255 e. The van der Waals surface area contributed by atoms with Crippen LogP contribution in [0.25, 0.3) is 0 Å². The van der Waals surface area contributed by atoms with Crippen LogP contribution in [0.1, 0.15) is 15.9 Å². The lowest BCUT2D eigenvalue weighted by Crippen LogP contribution is -2.14. The van der Waals surface area contributed by atoms with Crippen molar-refractivity contribution < 1.29 is 13.2 Å². The normalized spacial score (nSPS) is 10.7. The SMILES string of the molecule is N#CCc1cccc(C(=O)Nc2ccc(S(N)(=O)=O)cc2)c1. The molecule has 0 heterocycles. The predicted molar refractivity (Wildman–Crippen MR) is 81.5 cm³/mol. The maximum absolute atomic E-state index is 12.1. The predicted octanol–water partition coefficient (Wildman–Crippen LogP) is 1.65. The topological polar surface area (TPSA) is 113 Å². The average Bonchev–Trinajstić information content (AvgIpc) is 2.47. The van der Waals surface area contributed by atoms with Gasteiger partial charge in [-0.1, -0.05) is 12.1 Å². The van der Waals surface area contributed by atoms with Crippen molar-refractivity contribution in [3.63, 3.8) is 0 Å². The van der Waals surface area contributed by atoms with Gasteiger partial charge in [0.05, 0.1) is 17.4 Å². The van der Waals surface area contributed by atoms with E-state index in [0.717, 1.165) is 5.56 Å². The standard InChI is InChI=1S/C15H13N3O3S/c16-9-8-11-2-1-3-12(10-11)15(19)18-13-4-6-14(7-5-13)22(17,20)21/h1-7,10H,8H2,(H,18,19)(H2,17,20,21). The molecule has 0 spiro atoms. The molecule has 7 heteroatoms. The van der Waals surface area contributed by atoms with Gasteiger partial charge >= 0.3 is 0 Å². The van der Waals surface area contributed by atoms with Gasteiger partial charge in [0.25, 0.3) is 5.91 Å². The van der Waals surface area contributed by atoms with Gasteiger partial charge in [-0.3, -0.25) is 4.79 Å². The van der Waals surface area contributed by atoms with Crippen molar-refractivity contribution in [3.8, 4) is 6.07 Å². The maximum atomic E-state index is 12.1. The Bertz CT molecular complexity index is 837. The lowest BCUT2D eigenvalue weighted by atomic mass is 10.1. The number of sulfonamides is 1. The summed E-state index contributed by atoms with van der Waals surface area (Å²) in [5, 5.41) is 16.3. The molecule has 0 fully saturated rings. The number of hydrogen-bond acceptors (Lipinski definition) is 4. The Morgan fingerprint density at radius 2 is 1.86 bits per heavy atom. The molecule has 0 aliphatic rings. The number of amides is 1. The van der Waals surface area contributed by atoms with Crippen LogP contribution in [0, 0.1) is 11.3 Å². The van der Waals surface area contributed by atoms with Gasteiger partial charge in [0.2, 0.25) is 10.0 Å². The van der Waals surface area contributed by atoms with E-state index in [4.69, 9.17) is 10.4 Å². The lowest BCUT2D eigenvalue weighted by molar-refractivity contribution is 0.102. The van der Waals surface area contributed by atoms with Gasteiger partial charge in [0.15, 0.2) is 0 Å². The van der Waals surface area contributed by atoms with Gasteiger partial charge in [0, 0.05) is 11.3 Å². The van der Waals surface area contributed by atoms with E-state index in [1.165, 1.54) is 24.3 Å². The van der Waals surface area contributed by atoms with Crippen LogP contribution in [0.15, 0.2) is 53.4 Å². The van der Waals surface area contributed by atoms with Crippen molar-refractivity contribution in [1.29, 1.82) is 5.26 Å². The molecule has 2 rings (SSSR count). The zero-order valence-corrected chi connectivity index (χ0v) is 12.3. The first-order valence-corrected chi connectivity index (χ1v) is 7.85. The zero-order chi connectivity index (χ0) is 16.2. The second-order valence-corrected chi connectivity index (χ2v) is 6.12. The number of nitriles is 1. The van der Waals surface area contributed by atoms with Gasteiger partial charge in [-0.15, -0.1) is 0 Å². The summed E-state index contributed by atoms with van der Waals surface area (Å²) < 4.78 is 22.3. The van der Waals surface area contributed by atoms with Gasteiger partial charge < -0.3 is 5.32 Å². The highest BCUT2D eigenvalue weighted by molar-refractivity contribution is 7.89. The van der Waals surface area contributed by atoms with E-state index in [1.54, 1.807) is 24.3 Å². The summed E-state index contributed by atoms with van der Waals surface area (Å²) >= 11 is 0. The minimum absolute atomic E-state index is 0.0264. The lowest BCUT2D eigenvalue weighted by Gasteiger charge is -2.07. The number of primary sulfonamides is 1. The van der Waals surface area contributed by atoms with Crippen molar-refractivity contribution >= 4 is 21.6 Å². The highest BCUT2D eigenvalue weighted by Gasteiger charge is 2.09. The molecule has 0 saturated carbocycles. The van der Waals surface area contributed by atoms with Crippen LogP contribution in [0.3, 0.4) is 0 Å². The monoisotopic (exact) mass is 315 g/mol. The van der Waals surface area contributed by atoms with Gasteiger partial charge in [-0.05, 0) is 42.0 Å². The van der Waals surface area contributed by atoms with E-state index in [9.17, 15) is 13.2 Å². The van der Waals surface area contributed by atoms with E-state index >= 15 is 0 Å². The molecule has 3 N–H and O–H groups in total. The second kappa shape index (κ2) is 6.39. The molecule has 0 radical (unpaired) electrons. The molecule has 112 valence electrons. The second-order valence-electron chi connectivity index (χ2n) is 4.56. The number of carbonyl (C=O) groups excluding carboxylic acids is 1. The van der Waals surface area contributed by atoms with Crippen molar-refractivity contribution in [2.45, 2.75) is 11.3 Å². The van der Waals surface area contributed by atoms with Gasteiger partial charge in [-0.25, -0.2) is 13.6 Å². The van der Waals surface area contributed by atoms with Crippen molar-refractivity contribution in [2.75, 3.05) is 5.32 Å². The summed E-state index contributed by atoms with van der Waals surface area (Å²) in [6.45, 7) is 0. The third-order valence-corrected chi connectivity index (χ3v) is 3.84. The third kappa shape index (κ3) is 3.91. The van der Waals surface area contributed by atoms with Crippen LogP contribution in [-0.4, -0.2) is 14.3 Å². The zero-order valence-electron chi connectivity index (χ0n) is 11.5. The minimum Gasteiger partial charge on any atom is -0.322 e. The Hall–Kier alpha value is -2.69.